The van der Waals surface area contributed by atoms with E-state index in [-0.39, 0.29) is 11.9 Å². The van der Waals surface area contributed by atoms with Gasteiger partial charge in [-0.25, -0.2) is 0 Å². The van der Waals surface area contributed by atoms with Gasteiger partial charge in [0.1, 0.15) is 5.75 Å². The Kier molecular flexibility index (Phi) is 6.26. The van der Waals surface area contributed by atoms with Crippen molar-refractivity contribution in [2.75, 3.05) is 7.11 Å². The zero-order chi connectivity index (χ0) is 20.1. The minimum absolute atomic E-state index is 0.0307. The predicted molar refractivity (Wildman–Crippen MR) is 112 cm³/mol. The van der Waals surface area contributed by atoms with E-state index in [1.807, 2.05) is 66.9 Å². The Morgan fingerprint density at radius 3 is 2.54 bits per heavy atom. The lowest BCUT2D eigenvalue weighted by molar-refractivity contribution is -0.121. The Balaban J connectivity index is 1.65. The predicted octanol–water partition coefficient (Wildman–Crippen LogP) is 4.19. The topological polar surface area (TPSA) is 71.9 Å². The summed E-state index contributed by atoms with van der Waals surface area (Å²) in [7, 11) is 1.63. The average Bonchev–Trinajstić information content (AvgIpc) is 3.07. The van der Waals surface area contributed by atoms with Crippen molar-refractivity contribution >= 4 is 18.1 Å². The summed E-state index contributed by atoms with van der Waals surface area (Å²) in [6.45, 7) is 4.47. The van der Waals surface area contributed by atoms with E-state index in [1.54, 1.807) is 7.11 Å². The van der Waals surface area contributed by atoms with Crippen molar-refractivity contribution in [2.24, 2.45) is 0 Å². The highest BCUT2D eigenvalue weighted by atomic mass is 32.1. The summed E-state index contributed by atoms with van der Waals surface area (Å²) >= 11 is 5.34. The molecule has 0 saturated heterocycles. The summed E-state index contributed by atoms with van der Waals surface area (Å²) in [6, 6.07) is 15.7. The Morgan fingerprint density at radius 1 is 1.21 bits per heavy atom. The number of carbonyl (C=O) groups is 1. The van der Waals surface area contributed by atoms with Crippen LogP contribution in [0.2, 0.25) is 0 Å². The monoisotopic (exact) mass is 396 g/mol. The van der Waals surface area contributed by atoms with Gasteiger partial charge >= 0.3 is 0 Å². The molecule has 1 atom stereocenters. The van der Waals surface area contributed by atoms with Gasteiger partial charge in [-0.15, -0.1) is 0 Å². The molecule has 1 unspecified atom stereocenters. The van der Waals surface area contributed by atoms with E-state index < -0.39 is 0 Å². The van der Waals surface area contributed by atoms with Crippen LogP contribution < -0.4 is 10.1 Å². The molecule has 2 aromatic carbocycles. The second-order valence-electron chi connectivity index (χ2n) is 6.68. The summed E-state index contributed by atoms with van der Waals surface area (Å²) in [4.78, 5) is 12.4. The molecule has 3 rings (SSSR count). The number of aromatic amines is 1. The Hall–Kier alpha value is -2.93. The number of aryl methyl sites for hydroxylation is 1. The molecular weight excluding hydrogens is 372 g/mol. The minimum Gasteiger partial charge on any atom is -0.497 e. The van der Waals surface area contributed by atoms with Crippen LogP contribution in [0.25, 0.3) is 11.4 Å². The van der Waals surface area contributed by atoms with Crippen LogP contribution in [-0.2, 0) is 11.3 Å². The molecule has 28 heavy (non-hydrogen) atoms. The van der Waals surface area contributed by atoms with Crippen molar-refractivity contribution in [1.29, 1.82) is 0 Å². The van der Waals surface area contributed by atoms with E-state index in [1.165, 1.54) is 5.56 Å². The van der Waals surface area contributed by atoms with Gasteiger partial charge in [0, 0.05) is 18.5 Å². The Labute approximate surface area is 169 Å². The third-order valence-electron chi connectivity index (χ3n) is 4.62. The molecule has 6 nitrogen and oxygen atoms in total. The number of benzene rings is 2. The van der Waals surface area contributed by atoms with Crippen molar-refractivity contribution < 1.29 is 9.53 Å². The van der Waals surface area contributed by atoms with Crippen LogP contribution in [-0.4, -0.2) is 27.8 Å². The molecule has 146 valence electrons. The normalized spacial score (nSPS) is 11.8. The maximum Gasteiger partial charge on any atom is 0.222 e. The molecule has 0 aliphatic rings. The zero-order valence-electron chi connectivity index (χ0n) is 16.2. The van der Waals surface area contributed by atoms with E-state index in [0.29, 0.717) is 23.6 Å². The highest BCUT2D eigenvalue weighted by molar-refractivity contribution is 7.71. The van der Waals surface area contributed by atoms with Gasteiger partial charge in [0.15, 0.2) is 10.6 Å². The summed E-state index contributed by atoms with van der Waals surface area (Å²) in [6.07, 6.45) is 0.313. The Morgan fingerprint density at radius 2 is 1.89 bits per heavy atom. The van der Waals surface area contributed by atoms with Crippen LogP contribution >= 0.6 is 12.2 Å². The summed E-state index contributed by atoms with van der Waals surface area (Å²) in [5.74, 6) is 1.44. The molecule has 0 radical (unpaired) electrons. The standard InChI is InChI=1S/C21H24N4O2S/c1-14-4-6-16(7-5-14)15(2)22-19(26)12-13-25-20(23-24-21(25)28)17-8-10-18(27-3)11-9-17/h4-11,15H,12-13H2,1-3H3,(H,22,26)(H,24,28). The molecule has 3 aromatic rings. The SMILES string of the molecule is COc1ccc(-c2n[nH]c(=S)n2CCC(=O)NC(C)c2ccc(C)cc2)cc1. The molecule has 0 bridgehead atoms. The summed E-state index contributed by atoms with van der Waals surface area (Å²) in [5, 5.41) is 10.2. The minimum atomic E-state index is -0.0496. The molecule has 0 fully saturated rings. The number of rotatable bonds is 7. The van der Waals surface area contributed by atoms with Crippen LogP contribution in [0.3, 0.4) is 0 Å². The van der Waals surface area contributed by atoms with Gasteiger partial charge in [-0.05, 0) is 55.9 Å². The van der Waals surface area contributed by atoms with E-state index in [0.717, 1.165) is 16.9 Å². The molecule has 1 heterocycles. The smallest absolute Gasteiger partial charge is 0.222 e. The Bertz CT molecular complexity index is 990. The second kappa shape index (κ2) is 8.84. The van der Waals surface area contributed by atoms with Gasteiger partial charge < -0.3 is 10.1 Å². The van der Waals surface area contributed by atoms with Crippen molar-refractivity contribution in [1.82, 2.24) is 20.1 Å². The van der Waals surface area contributed by atoms with Crippen molar-refractivity contribution in [3.8, 4) is 17.1 Å². The molecule has 2 N–H and O–H groups in total. The molecular formula is C21H24N4O2S. The first kappa shape index (κ1) is 19.8. The number of ether oxygens (including phenoxy) is 1. The number of aromatic nitrogens is 3. The molecule has 0 spiro atoms. The first-order valence-electron chi connectivity index (χ1n) is 9.13. The molecule has 0 aliphatic carbocycles. The average molecular weight is 397 g/mol. The zero-order valence-corrected chi connectivity index (χ0v) is 17.0. The summed E-state index contributed by atoms with van der Waals surface area (Å²) < 4.78 is 7.52. The van der Waals surface area contributed by atoms with Gasteiger partial charge in [-0.3, -0.25) is 14.5 Å². The van der Waals surface area contributed by atoms with Crippen molar-refractivity contribution in [3.05, 3.63) is 64.4 Å². The van der Waals surface area contributed by atoms with E-state index in [4.69, 9.17) is 17.0 Å². The largest absolute Gasteiger partial charge is 0.497 e. The van der Waals surface area contributed by atoms with Crippen LogP contribution in [0.1, 0.15) is 30.5 Å². The van der Waals surface area contributed by atoms with E-state index >= 15 is 0 Å². The highest BCUT2D eigenvalue weighted by Gasteiger charge is 2.13. The number of nitrogens with one attached hydrogen (secondary N) is 2. The maximum absolute atomic E-state index is 12.4. The second-order valence-corrected chi connectivity index (χ2v) is 7.07. The fourth-order valence-corrected chi connectivity index (χ4v) is 3.17. The van der Waals surface area contributed by atoms with Crippen molar-refractivity contribution in [3.63, 3.8) is 0 Å². The van der Waals surface area contributed by atoms with Crippen LogP contribution in [0, 0.1) is 11.7 Å². The number of methoxy groups -OCH3 is 1. The lowest BCUT2D eigenvalue weighted by Crippen LogP contribution is -2.27. The molecule has 1 aromatic heterocycles. The van der Waals surface area contributed by atoms with E-state index in [2.05, 4.69) is 15.5 Å². The molecule has 1 amide bonds. The van der Waals surface area contributed by atoms with Crippen LogP contribution in [0.5, 0.6) is 5.75 Å². The lowest BCUT2D eigenvalue weighted by atomic mass is 10.1. The van der Waals surface area contributed by atoms with Gasteiger partial charge in [-0.1, -0.05) is 29.8 Å². The van der Waals surface area contributed by atoms with Gasteiger partial charge in [0.2, 0.25) is 5.91 Å². The van der Waals surface area contributed by atoms with Gasteiger partial charge in [-0.2, -0.15) is 5.10 Å². The lowest BCUT2D eigenvalue weighted by Gasteiger charge is -2.15. The molecule has 0 aliphatic heterocycles. The number of H-pyrrole nitrogens is 1. The maximum atomic E-state index is 12.4. The first-order chi connectivity index (χ1) is 13.5. The number of hydrogen-bond acceptors (Lipinski definition) is 4. The number of hydrogen-bond donors (Lipinski definition) is 2. The van der Waals surface area contributed by atoms with Crippen LogP contribution in [0.15, 0.2) is 48.5 Å². The third-order valence-corrected chi connectivity index (χ3v) is 4.94. The molecule has 0 saturated carbocycles. The van der Waals surface area contributed by atoms with Gasteiger partial charge in [0.05, 0.1) is 13.2 Å². The quantitative estimate of drug-likeness (QED) is 0.588. The number of amides is 1. The number of nitrogens with zero attached hydrogens (tertiary/aromatic N) is 2. The van der Waals surface area contributed by atoms with E-state index in [9.17, 15) is 4.79 Å². The third kappa shape index (κ3) is 4.67. The summed E-state index contributed by atoms with van der Waals surface area (Å²) in [5.41, 5.74) is 3.18. The van der Waals surface area contributed by atoms with Crippen molar-refractivity contribution in [2.45, 2.75) is 32.9 Å². The first-order valence-corrected chi connectivity index (χ1v) is 9.54. The number of carbonyl (C=O) groups excluding carboxylic acids is 1. The van der Waals surface area contributed by atoms with Crippen LogP contribution in [0.4, 0.5) is 0 Å². The molecule has 7 heteroatoms. The highest BCUT2D eigenvalue weighted by Crippen LogP contribution is 2.21. The van der Waals surface area contributed by atoms with Gasteiger partial charge in [0.25, 0.3) is 0 Å². The fraction of sp³-hybridized carbons (Fsp3) is 0.286. The fourth-order valence-electron chi connectivity index (χ4n) is 2.95.